The van der Waals surface area contributed by atoms with Crippen LogP contribution in [0.1, 0.15) is 105 Å². The van der Waals surface area contributed by atoms with E-state index in [1.807, 2.05) is 0 Å². The molecule has 4 aliphatic rings. The number of rotatable bonds is 9. The third-order valence-corrected chi connectivity index (χ3v) is 13.0. The predicted molar refractivity (Wildman–Crippen MR) is 141 cm³/mol. The van der Waals surface area contributed by atoms with E-state index in [1.54, 1.807) is 0 Å². The lowest BCUT2D eigenvalue weighted by Gasteiger charge is -2.58. The molecule has 0 aromatic rings. The monoisotopic (exact) mass is 546 g/mol. The Morgan fingerprint density at radius 3 is 2.39 bits per heavy atom. The highest BCUT2D eigenvalue weighted by molar-refractivity contribution is 7.60. The summed E-state index contributed by atoms with van der Waals surface area (Å²) in [5.41, 5.74) is 1.79. The Morgan fingerprint density at radius 2 is 1.72 bits per heavy atom. The molecule has 0 heterocycles. The van der Waals surface area contributed by atoms with Gasteiger partial charge in [-0.3, -0.25) is 4.52 Å². The van der Waals surface area contributed by atoms with E-state index >= 15 is 0 Å². The summed E-state index contributed by atoms with van der Waals surface area (Å²) in [6.07, 6.45) is 14.1. The van der Waals surface area contributed by atoms with Crippen LogP contribution in [-0.4, -0.2) is 20.8 Å². The standard InChI is InChI=1S/C27H48O7P2/c1-18(2)7-6-8-19(3)23-11-12-24-22-10-9-20-17-21(33-36(31,32)34-35(28,29)30)13-15-26(20,4)25(22)14-16-27(23,24)5/h9,18-19,21-25H,6-8,10-17H2,1-5H3,(H,31,32)(H2,28,29,30)/t19-,21+,22+,23-,24+,25+,26+,27-/m1/s1. The van der Waals surface area contributed by atoms with E-state index < -0.39 is 21.7 Å². The van der Waals surface area contributed by atoms with Crippen LogP contribution >= 0.6 is 15.6 Å². The summed E-state index contributed by atoms with van der Waals surface area (Å²) in [4.78, 5) is 27.7. The second-order valence-electron chi connectivity index (χ2n) is 13.3. The van der Waals surface area contributed by atoms with Crippen LogP contribution in [0.4, 0.5) is 0 Å². The van der Waals surface area contributed by atoms with Crippen molar-refractivity contribution in [1.82, 2.24) is 0 Å². The highest BCUT2D eigenvalue weighted by Crippen LogP contribution is 2.68. The van der Waals surface area contributed by atoms with Gasteiger partial charge < -0.3 is 14.7 Å². The van der Waals surface area contributed by atoms with Gasteiger partial charge >= 0.3 is 15.6 Å². The molecule has 0 spiro atoms. The van der Waals surface area contributed by atoms with Crippen LogP contribution in [0.15, 0.2) is 11.6 Å². The maximum atomic E-state index is 12.1. The third kappa shape index (κ3) is 5.93. The van der Waals surface area contributed by atoms with Gasteiger partial charge in [0, 0.05) is 0 Å². The van der Waals surface area contributed by atoms with Crippen LogP contribution in [0, 0.1) is 46.3 Å². The van der Waals surface area contributed by atoms with Gasteiger partial charge in [0.15, 0.2) is 0 Å². The van der Waals surface area contributed by atoms with Gasteiger partial charge in [-0.2, -0.15) is 4.31 Å². The lowest BCUT2D eigenvalue weighted by atomic mass is 9.47. The van der Waals surface area contributed by atoms with Crippen LogP contribution in [0.5, 0.6) is 0 Å². The molecule has 3 fully saturated rings. The number of hydrogen-bond donors (Lipinski definition) is 3. The molecule has 0 radical (unpaired) electrons. The first-order valence-electron chi connectivity index (χ1n) is 14.1. The first kappa shape index (κ1) is 29.0. The summed E-state index contributed by atoms with van der Waals surface area (Å²) < 4.78 is 32.4. The average molecular weight is 547 g/mol. The molecule has 7 nitrogen and oxygen atoms in total. The lowest BCUT2D eigenvalue weighted by molar-refractivity contribution is -0.0569. The summed E-state index contributed by atoms with van der Waals surface area (Å²) in [5, 5.41) is 0. The van der Waals surface area contributed by atoms with Crippen LogP contribution < -0.4 is 0 Å². The minimum Gasteiger partial charge on any atom is -0.302 e. The molecule has 4 aliphatic carbocycles. The van der Waals surface area contributed by atoms with Gasteiger partial charge in [-0.25, -0.2) is 9.13 Å². The zero-order valence-electron chi connectivity index (χ0n) is 22.8. The van der Waals surface area contributed by atoms with E-state index in [2.05, 4.69) is 45.0 Å². The molecule has 0 aromatic carbocycles. The number of fused-ring (bicyclic) bond motifs is 5. The maximum Gasteiger partial charge on any atom is 0.481 e. The van der Waals surface area contributed by atoms with Gasteiger partial charge in [-0.05, 0) is 97.7 Å². The first-order chi connectivity index (χ1) is 16.6. The number of hydrogen-bond acceptors (Lipinski definition) is 4. The van der Waals surface area contributed by atoms with E-state index in [0.717, 1.165) is 36.5 Å². The average Bonchev–Trinajstić information content (AvgIpc) is 3.09. The zero-order chi connectivity index (χ0) is 26.5. The van der Waals surface area contributed by atoms with E-state index in [4.69, 9.17) is 14.3 Å². The largest absolute Gasteiger partial charge is 0.481 e. The molecule has 1 unspecified atom stereocenters. The molecule has 36 heavy (non-hydrogen) atoms. The highest BCUT2D eigenvalue weighted by Gasteiger charge is 2.59. The van der Waals surface area contributed by atoms with Gasteiger partial charge in [-0.1, -0.05) is 65.5 Å². The van der Waals surface area contributed by atoms with Crippen LogP contribution in [0.3, 0.4) is 0 Å². The molecule has 0 aromatic heterocycles. The summed E-state index contributed by atoms with van der Waals surface area (Å²) >= 11 is 0. The van der Waals surface area contributed by atoms with E-state index in [0.29, 0.717) is 30.1 Å². The van der Waals surface area contributed by atoms with Gasteiger partial charge in [0.25, 0.3) is 0 Å². The Kier molecular flexibility index (Phi) is 8.48. The zero-order valence-corrected chi connectivity index (χ0v) is 24.6. The fourth-order valence-corrected chi connectivity index (χ4v) is 10.9. The molecular weight excluding hydrogens is 498 g/mol. The second kappa shape index (κ2) is 10.5. The van der Waals surface area contributed by atoms with E-state index in [-0.39, 0.29) is 5.41 Å². The maximum absolute atomic E-state index is 12.1. The molecule has 9 atom stereocenters. The molecular formula is C27H48O7P2. The second-order valence-corrected chi connectivity index (χ2v) is 16.1. The molecule has 3 N–H and O–H groups in total. The summed E-state index contributed by atoms with van der Waals surface area (Å²) in [6.45, 7) is 12.1. The quantitative estimate of drug-likeness (QED) is 0.201. The first-order valence-corrected chi connectivity index (χ1v) is 17.1. The fraction of sp³-hybridized carbons (Fsp3) is 0.926. The van der Waals surface area contributed by atoms with Gasteiger partial charge in [0.1, 0.15) is 0 Å². The Morgan fingerprint density at radius 1 is 1.00 bits per heavy atom. The van der Waals surface area contributed by atoms with Crippen molar-refractivity contribution in [2.45, 2.75) is 111 Å². The van der Waals surface area contributed by atoms with Crippen LogP contribution in [-0.2, 0) is 18.0 Å². The van der Waals surface area contributed by atoms with Crippen molar-refractivity contribution in [2.24, 2.45) is 46.3 Å². The Labute approximate surface area is 217 Å². The lowest BCUT2D eigenvalue weighted by Crippen LogP contribution is -2.51. The van der Waals surface area contributed by atoms with Crippen molar-refractivity contribution in [3.8, 4) is 0 Å². The van der Waals surface area contributed by atoms with Gasteiger partial charge in [0.2, 0.25) is 0 Å². The molecule has 0 aliphatic heterocycles. The number of phosphoric acid groups is 2. The van der Waals surface area contributed by atoms with Crippen molar-refractivity contribution in [3.05, 3.63) is 11.6 Å². The van der Waals surface area contributed by atoms with E-state index in [9.17, 15) is 14.0 Å². The SMILES string of the molecule is CC(C)CCC[C@@H](C)[C@H]1CC[C@H]2[C@@H]3CC=C4C[C@@H](OP(=O)(O)OP(=O)(O)O)CC[C@]4(C)[C@H]3CC[C@]12C. The number of allylic oxidation sites excluding steroid dienone is 1. The van der Waals surface area contributed by atoms with E-state index in [1.165, 1.54) is 50.5 Å². The van der Waals surface area contributed by atoms with Gasteiger partial charge in [-0.15, -0.1) is 0 Å². The van der Waals surface area contributed by atoms with Crippen molar-refractivity contribution in [2.75, 3.05) is 0 Å². The van der Waals surface area contributed by atoms with Crippen molar-refractivity contribution < 1.29 is 32.6 Å². The number of phosphoric ester groups is 1. The Balaban J connectivity index is 1.44. The molecule has 0 amide bonds. The highest BCUT2D eigenvalue weighted by atomic mass is 31.3. The summed E-state index contributed by atoms with van der Waals surface area (Å²) in [5.74, 6) is 4.49. The smallest absolute Gasteiger partial charge is 0.302 e. The molecule has 0 saturated heterocycles. The minimum absolute atomic E-state index is 0.0641. The van der Waals surface area contributed by atoms with Crippen molar-refractivity contribution >= 4 is 15.6 Å². The fourth-order valence-electron chi connectivity index (χ4n) is 9.08. The van der Waals surface area contributed by atoms with Crippen molar-refractivity contribution in [3.63, 3.8) is 0 Å². The molecule has 208 valence electrons. The summed E-state index contributed by atoms with van der Waals surface area (Å²) in [6, 6.07) is 0. The molecule has 4 rings (SSSR count). The Hall–Kier alpha value is -0.0000000000000000416. The van der Waals surface area contributed by atoms with Gasteiger partial charge in [0.05, 0.1) is 6.10 Å². The molecule has 3 saturated carbocycles. The normalized spacial score (nSPS) is 41.1. The summed E-state index contributed by atoms with van der Waals surface area (Å²) in [7, 11) is -9.94. The topological polar surface area (TPSA) is 113 Å². The predicted octanol–water partition coefficient (Wildman–Crippen LogP) is 7.62. The van der Waals surface area contributed by atoms with Crippen molar-refractivity contribution in [1.29, 1.82) is 0 Å². The third-order valence-electron chi connectivity index (χ3n) is 10.8. The van der Waals surface area contributed by atoms with Crippen LogP contribution in [0.2, 0.25) is 0 Å². The molecule has 9 heteroatoms. The minimum atomic E-state index is -5.11. The van der Waals surface area contributed by atoms with Crippen LogP contribution in [0.25, 0.3) is 0 Å². The Bertz CT molecular complexity index is 929. The molecule has 0 bridgehead atoms.